The molecule has 1 fully saturated rings. The summed E-state index contributed by atoms with van der Waals surface area (Å²) < 4.78 is 0. The summed E-state index contributed by atoms with van der Waals surface area (Å²) in [6.45, 7) is 3.70. The predicted octanol–water partition coefficient (Wildman–Crippen LogP) is 4.27. The molecule has 0 bridgehead atoms. The lowest BCUT2D eigenvalue weighted by Gasteiger charge is -2.34. The minimum atomic E-state index is -0.0420. The Kier molecular flexibility index (Phi) is 4.00. The van der Waals surface area contributed by atoms with E-state index in [2.05, 4.69) is 4.90 Å². The molecule has 1 aliphatic carbocycles. The van der Waals surface area contributed by atoms with E-state index in [-0.39, 0.29) is 11.6 Å². The molecule has 0 amide bonds. The van der Waals surface area contributed by atoms with Crippen LogP contribution in [0.4, 0.5) is 0 Å². The van der Waals surface area contributed by atoms with E-state index in [9.17, 15) is 9.59 Å². The van der Waals surface area contributed by atoms with Gasteiger partial charge in [0, 0.05) is 24.2 Å². The van der Waals surface area contributed by atoms with E-state index in [1.807, 2.05) is 43.3 Å². The van der Waals surface area contributed by atoms with Gasteiger partial charge in [0.2, 0.25) is 5.78 Å². The first-order valence-electron chi connectivity index (χ1n) is 8.91. The molecule has 3 nitrogen and oxygen atoms in total. The number of rotatable bonds is 2. The maximum atomic E-state index is 13.3. The highest BCUT2D eigenvalue weighted by Crippen LogP contribution is 2.35. The summed E-state index contributed by atoms with van der Waals surface area (Å²) in [6.07, 6.45) is 3.31. The number of carbonyl (C=O) groups is 2. The quantitative estimate of drug-likeness (QED) is 0.824. The highest BCUT2D eigenvalue weighted by molar-refractivity contribution is 6.40. The van der Waals surface area contributed by atoms with Crippen LogP contribution in [-0.4, -0.2) is 29.6 Å². The molecule has 0 saturated carbocycles. The number of piperidine rings is 1. The Bertz CT molecular complexity index is 871. The van der Waals surface area contributed by atoms with Crippen LogP contribution in [0.5, 0.6) is 0 Å². The average Bonchev–Trinajstić information content (AvgIpc) is 2.66. The molecular weight excluding hydrogens is 310 g/mol. The molecule has 25 heavy (non-hydrogen) atoms. The van der Waals surface area contributed by atoms with Crippen LogP contribution in [0.15, 0.2) is 54.2 Å². The molecule has 4 rings (SSSR count). The molecule has 2 aliphatic rings. The first kappa shape index (κ1) is 15.8. The van der Waals surface area contributed by atoms with Crippen LogP contribution in [0.1, 0.15) is 51.1 Å². The van der Waals surface area contributed by atoms with Crippen molar-refractivity contribution in [3.8, 4) is 0 Å². The molecule has 2 aromatic carbocycles. The molecule has 0 unspecified atom stereocenters. The van der Waals surface area contributed by atoms with Gasteiger partial charge >= 0.3 is 0 Å². The van der Waals surface area contributed by atoms with Crippen LogP contribution in [-0.2, 0) is 0 Å². The monoisotopic (exact) mass is 331 g/mol. The molecule has 0 N–H and O–H groups in total. The number of ketones is 2. The Morgan fingerprint density at radius 2 is 1.36 bits per heavy atom. The van der Waals surface area contributed by atoms with Crippen LogP contribution < -0.4 is 0 Å². The van der Waals surface area contributed by atoms with Gasteiger partial charge in [0.15, 0.2) is 5.78 Å². The minimum Gasteiger partial charge on any atom is -0.368 e. The zero-order valence-corrected chi connectivity index (χ0v) is 14.4. The Labute approximate surface area is 148 Å². The second-order valence-corrected chi connectivity index (χ2v) is 6.84. The first-order valence-corrected chi connectivity index (χ1v) is 8.91. The molecule has 3 heteroatoms. The second-order valence-electron chi connectivity index (χ2n) is 6.84. The Balaban J connectivity index is 1.93. The fraction of sp³-hybridized carbons (Fsp3) is 0.273. The Morgan fingerprint density at radius 3 is 2.00 bits per heavy atom. The van der Waals surface area contributed by atoms with Crippen molar-refractivity contribution in [3.63, 3.8) is 0 Å². The summed E-state index contributed by atoms with van der Waals surface area (Å²) in [4.78, 5) is 28.6. The van der Waals surface area contributed by atoms with Crippen molar-refractivity contribution in [1.29, 1.82) is 0 Å². The van der Waals surface area contributed by atoms with Gasteiger partial charge in [0.1, 0.15) is 0 Å². The van der Waals surface area contributed by atoms with Crippen molar-refractivity contribution in [3.05, 3.63) is 76.5 Å². The summed E-state index contributed by atoms with van der Waals surface area (Å²) in [7, 11) is 0. The maximum absolute atomic E-state index is 13.3. The molecule has 1 aliphatic heterocycles. The Morgan fingerprint density at radius 1 is 0.760 bits per heavy atom. The number of aryl methyl sites for hydroxylation is 1. The second kappa shape index (κ2) is 6.32. The largest absolute Gasteiger partial charge is 0.368 e. The van der Waals surface area contributed by atoms with E-state index in [0.717, 1.165) is 37.1 Å². The molecule has 0 aromatic heterocycles. The van der Waals surface area contributed by atoms with Gasteiger partial charge < -0.3 is 4.90 Å². The lowest BCUT2D eigenvalue weighted by Crippen LogP contribution is -2.37. The van der Waals surface area contributed by atoms with Gasteiger partial charge in [-0.1, -0.05) is 54.1 Å². The van der Waals surface area contributed by atoms with Crippen LogP contribution in [0.25, 0.3) is 5.57 Å². The highest BCUT2D eigenvalue weighted by atomic mass is 16.1. The summed E-state index contributed by atoms with van der Waals surface area (Å²) in [6, 6.07) is 15.1. The molecule has 0 spiro atoms. The fourth-order valence-corrected chi connectivity index (χ4v) is 3.77. The first-order chi connectivity index (χ1) is 12.2. The van der Waals surface area contributed by atoms with Crippen LogP contribution in [0, 0.1) is 6.92 Å². The molecular formula is C22H21NO2. The third-order valence-electron chi connectivity index (χ3n) is 5.11. The third-order valence-corrected chi connectivity index (χ3v) is 5.11. The van der Waals surface area contributed by atoms with E-state index in [4.69, 9.17) is 0 Å². The number of nitrogens with zero attached hydrogens (tertiary/aromatic N) is 1. The lowest BCUT2D eigenvalue weighted by atomic mass is 9.83. The van der Waals surface area contributed by atoms with Crippen molar-refractivity contribution in [1.82, 2.24) is 4.90 Å². The number of benzene rings is 2. The number of fused-ring (bicyclic) bond motifs is 1. The van der Waals surface area contributed by atoms with Gasteiger partial charge in [-0.05, 0) is 31.7 Å². The predicted molar refractivity (Wildman–Crippen MR) is 98.6 cm³/mol. The maximum Gasteiger partial charge on any atom is 0.210 e. The van der Waals surface area contributed by atoms with E-state index in [1.54, 1.807) is 12.1 Å². The van der Waals surface area contributed by atoms with Crippen molar-refractivity contribution in [2.75, 3.05) is 13.1 Å². The van der Waals surface area contributed by atoms with Crippen molar-refractivity contribution in [2.45, 2.75) is 26.2 Å². The van der Waals surface area contributed by atoms with Gasteiger partial charge in [-0.3, -0.25) is 9.59 Å². The molecule has 126 valence electrons. The van der Waals surface area contributed by atoms with Crippen molar-refractivity contribution < 1.29 is 9.59 Å². The number of allylic oxidation sites excluding steroid dienone is 2. The summed E-state index contributed by atoms with van der Waals surface area (Å²) in [5.74, 6) is -0.0627. The summed E-state index contributed by atoms with van der Waals surface area (Å²) in [5, 5.41) is 0. The number of likely N-dealkylation sites (tertiary alicyclic amines) is 1. The number of Topliss-reactive ketones (excluding diaryl/α,β-unsaturated/α-hetero) is 2. The average molecular weight is 331 g/mol. The van der Waals surface area contributed by atoms with Gasteiger partial charge in [-0.2, -0.15) is 0 Å². The fourth-order valence-electron chi connectivity index (χ4n) is 3.77. The SMILES string of the molecule is Cc1ccc(C2=C(N3CCCCC3)C(=O)c3ccccc3C2=O)cc1. The lowest BCUT2D eigenvalue weighted by molar-refractivity contribution is 0.0951. The molecule has 1 heterocycles. The van der Waals surface area contributed by atoms with Gasteiger partial charge in [-0.15, -0.1) is 0 Å². The minimum absolute atomic E-state index is 0.0207. The number of hydrogen-bond donors (Lipinski definition) is 0. The zero-order chi connectivity index (χ0) is 17.4. The van der Waals surface area contributed by atoms with Gasteiger partial charge in [0.25, 0.3) is 0 Å². The van der Waals surface area contributed by atoms with E-state index in [1.165, 1.54) is 6.42 Å². The molecule has 0 radical (unpaired) electrons. The number of hydrogen-bond acceptors (Lipinski definition) is 3. The standard InChI is InChI=1S/C22H21NO2/c1-15-9-11-16(12-10-15)19-20(23-13-5-2-6-14-23)22(25)18-8-4-3-7-17(18)21(19)24/h3-4,7-12H,2,5-6,13-14H2,1H3. The van der Waals surface area contributed by atoms with Crippen molar-refractivity contribution in [2.24, 2.45) is 0 Å². The molecule has 0 atom stereocenters. The third kappa shape index (κ3) is 2.70. The molecule has 1 saturated heterocycles. The summed E-state index contributed by atoms with van der Waals surface area (Å²) in [5.41, 5.74) is 4.17. The Hall–Kier alpha value is -2.68. The smallest absolute Gasteiger partial charge is 0.210 e. The molecule has 2 aromatic rings. The van der Waals surface area contributed by atoms with E-state index >= 15 is 0 Å². The summed E-state index contributed by atoms with van der Waals surface area (Å²) >= 11 is 0. The topological polar surface area (TPSA) is 37.4 Å². The zero-order valence-electron chi connectivity index (χ0n) is 14.4. The van der Waals surface area contributed by atoms with E-state index < -0.39 is 0 Å². The normalized spacial score (nSPS) is 17.7. The van der Waals surface area contributed by atoms with Crippen LogP contribution in [0.3, 0.4) is 0 Å². The van der Waals surface area contributed by atoms with Crippen LogP contribution >= 0.6 is 0 Å². The van der Waals surface area contributed by atoms with E-state index in [0.29, 0.717) is 22.4 Å². The van der Waals surface area contributed by atoms with Gasteiger partial charge in [0.05, 0.1) is 11.3 Å². The van der Waals surface area contributed by atoms with Crippen molar-refractivity contribution >= 4 is 17.1 Å². The van der Waals surface area contributed by atoms with Crippen LogP contribution in [0.2, 0.25) is 0 Å². The highest BCUT2D eigenvalue weighted by Gasteiger charge is 2.35. The number of carbonyl (C=O) groups excluding carboxylic acids is 2. The van der Waals surface area contributed by atoms with Gasteiger partial charge in [-0.25, -0.2) is 0 Å².